The molecule has 9 heteroatoms. The van der Waals surface area contributed by atoms with Crippen molar-refractivity contribution in [3.8, 4) is 16.9 Å². The fraction of sp³-hybridized carbons (Fsp3) is 0.462. The number of benzene rings is 2. The Balaban J connectivity index is 1.45. The number of alkyl halides is 3. The molecule has 1 N–H and O–H groups in total. The number of piperidine rings is 1. The summed E-state index contributed by atoms with van der Waals surface area (Å²) < 4.78 is 47.4. The molecule has 1 unspecified atom stereocenters. The Labute approximate surface area is 202 Å². The molecule has 0 radical (unpaired) electrons. The summed E-state index contributed by atoms with van der Waals surface area (Å²) in [5, 5.41) is 2.99. The van der Waals surface area contributed by atoms with Crippen molar-refractivity contribution in [2.45, 2.75) is 57.5 Å². The van der Waals surface area contributed by atoms with E-state index in [4.69, 9.17) is 4.74 Å². The van der Waals surface area contributed by atoms with Gasteiger partial charge >= 0.3 is 6.36 Å². The second kappa shape index (κ2) is 9.89. The average Bonchev–Trinajstić information content (AvgIpc) is 2.79. The van der Waals surface area contributed by atoms with E-state index in [9.17, 15) is 22.8 Å². The van der Waals surface area contributed by atoms with Crippen molar-refractivity contribution >= 4 is 11.8 Å². The first kappa shape index (κ1) is 25.0. The van der Waals surface area contributed by atoms with Crippen LogP contribution in [0.5, 0.6) is 5.75 Å². The van der Waals surface area contributed by atoms with Crippen LogP contribution in [0.2, 0.25) is 0 Å². The molecule has 0 saturated carbocycles. The number of nitrogens with one attached hydrogen (secondary N) is 1. The Kier molecular flexibility index (Phi) is 7.07. The van der Waals surface area contributed by atoms with Crippen LogP contribution in [-0.4, -0.2) is 54.4 Å². The standard InChI is InChI=1S/C26H29F3N2O4/c1-17-22(19-6-8-21(9-7-19)35-26(27,28)29)4-3-5-23(17)24(33)31-13-11-25(12-14-31)16-20(10-15-34-25)30-18(2)32/h3-9,20H,10-16H2,1-2H3,(H,30,32). The summed E-state index contributed by atoms with van der Waals surface area (Å²) in [6.07, 6.45) is -1.80. The van der Waals surface area contributed by atoms with Gasteiger partial charge in [-0.2, -0.15) is 0 Å². The average molecular weight is 491 g/mol. The van der Waals surface area contributed by atoms with E-state index in [1.807, 2.05) is 17.9 Å². The number of rotatable bonds is 4. The number of likely N-dealkylation sites (tertiary alicyclic amines) is 1. The highest BCUT2D eigenvalue weighted by Crippen LogP contribution is 2.36. The molecule has 2 amide bonds. The first-order valence-electron chi connectivity index (χ1n) is 11.7. The van der Waals surface area contributed by atoms with Gasteiger partial charge in [-0.1, -0.05) is 24.3 Å². The van der Waals surface area contributed by atoms with Gasteiger partial charge in [0.05, 0.1) is 5.60 Å². The van der Waals surface area contributed by atoms with Crippen molar-refractivity contribution in [2.75, 3.05) is 19.7 Å². The first-order valence-corrected chi connectivity index (χ1v) is 11.7. The number of amides is 2. The van der Waals surface area contributed by atoms with Gasteiger partial charge in [0.15, 0.2) is 0 Å². The quantitative estimate of drug-likeness (QED) is 0.666. The molecular weight excluding hydrogens is 461 g/mol. The molecule has 1 spiro atoms. The van der Waals surface area contributed by atoms with Crippen LogP contribution in [0.25, 0.3) is 11.1 Å². The largest absolute Gasteiger partial charge is 0.573 e. The zero-order valence-electron chi connectivity index (χ0n) is 19.8. The lowest BCUT2D eigenvalue weighted by Crippen LogP contribution is -2.54. The molecule has 2 aromatic carbocycles. The van der Waals surface area contributed by atoms with Crippen LogP contribution < -0.4 is 10.1 Å². The summed E-state index contributed by atoms with van der Waals surface area (Å²) in [7, 11) is 0. The van der Waals surface area contributed by atoms with E-state index in [0.29, 0.717) is 43.7 Å². The number of nitrogens with zero attached hydrogens (tertiary/aromatic N) is 1. The highest BCUT2D eigenvalue weighted by Gasteiger charge is 2.41. The smallest absolute Gasteiger partial charge is 0.406 e. The molecule has 0 aromatic heterocycles. The van der Waals surface area contributed by atoms with Gasteiger partial charge in [-0.25, -0.2) is 0 Å². The minimum absolute atomic E-state index is 0.0439. The molecule has 2 saturated heterocycles. The van der Waals surface area contributed by atoms with E-state index in [1.54, 1.807) is 24.3 Å². The van der Waals surface area contributed by atoms with Crippen LogP contribution in [0.1, 0.15) is 48.5 Å². The maximum absolute atomic E-state index is 13.4. The van der Waals surface area contributed by atoms with Crippen LogP contribution in [0, 0.1) is 6.92 Å². The molecule has 0 bridgehead atoms. The molecule has 2 fully saturated rings. The first-order chi connectivity index (χ1) is 16.6. The SMILES string of the molecule is CC(=O)NC1CCOC2(CCN(C(=O)c3cccc(-c4ccc(OC(F)(F)F)cc4)c3C)CC2)C1. The van der Waals surface area contributed by atoms with Gasteiger partial charge in [-0.05, 0) is 67.5 Å². The van der Waals surface area contributed by atoms with Crippen LogP contribution in [0.4, 0.5) is 13.2 Å². The third-order valence-electron chi connectivity index (χ3n) is 6.83. The van der Waals surface area contributed by atoms with Crippen molar-refractivity contribution in [1.29, 1.82) is 0 Å². The zero-order valence-corrected chi connectivity index (χ0v) is 19.8. The molecule has 188 valence electrons. The van der Waals surface area contributed by atoms with Crippen molar-refractivity contribution in [1.82, 2.24) is 10.2 Å². The van der Waals surface area contributed by atoms with Gasteiger partial charge in [-0.15, -0.1) is 13.2 Å². The lowest BCUT2D eigenvalue weighted by molar-refractivity contribution is -0.274. The minimum atomic E-state index is -4.75. The van der Waals surface area contributed by atoms with E-state index in [-0.39, 0.29) is 29.2 Å². The predicted molar refractivity (Wildman–Crippen MR) is 124 cm³/mol. The molecule has 2 heterocycles. The third-order valence-corrected chi connectivity index (χ3v) is 6.83. The Hall–Kier alpha value is -3.07. The van der Waals surface area contributed by atoms with Crippen LogP contribution in [0.15, 0.2) is 42.5 Å². The number of carbonyl (C=O) groups excluding carboxylic acids is 2. The molecule has 4 rings (SSSR count). The summed E-state index contributed by atoms with van der Waals surface area (Å²) in [6.45, 7) is 5.06. The minimum Gasteiger partial charge on any atom is -0.406 e. The number of ether oxygens (including phenoxy) is 2. The summed E-state index contributed by atoms with van der Waals surface area (Å²) in [6, 6.07) is 11.1. The third kappa shape index (κ3) is 5.96. The summed E-state index contributed by atoms with van der Waals surface area (Å²) >= 11 is 0. The fourth-order valence-corrected chi connectivity index (χ4v) is 5.09. The Morgan fingerprint density at radius 3 is 2.43 bits per heavy atom. The number of carbonyl (C=O) groups is 2. The topological polar surface area (TPSA) is 67.9 Å². The van der Waals surface area contributed by atoms with Gasteiger partial charge in [0, 0.05) is 38.2 Å². The van der Waals surface area contributed by atoms with Crippen LogP contribution in [-0.2, 0) is 9.53 Å². The molecule has 6 nitrogen and oxygen atoms in total. The normalized spacial score (nSPS) is 19.9. The fourth-order valence-electron chi connectivity index (χ4n) is 5.09. The summed E-state index contributed by atoms with van der Waals surface area (Å²) in [4.78, 5) is 26.7. The lowest BCUT2D eigenvalue weighted by Gasteiger charge is -2.46. The van der Waals surface area contributed by atoms with E-state index < -0.39 is 6.36 Å². The van der Waals surface area contributed by atoms with Gasteiger partial charge in [-0.3, -0.25) is 9.59 Å². The Morgan fingerprint density at radius 2 is 1.80 bits per heavy atom. The van der Waals surface area contributed by atoms with E-state index in [2.05, 4.69) is 10.1 Å². The van der Waals surface area contributed by atoms with Crippen molar-refractivity contribution in [3.63, 3.8) is 0 Å². The zero-order chi connectivity index (χ0) is 25.2. The highest BCUT2D eigenvalue weighted by molar-refractivity contribution is 5.97. The van der Waals surface area contributed by atoms with E-state index in [0.717, 1.165) is 24.0 Å². The predicted octanol–water partition coefficient (Wildman–Crippen LogP) is 4.85. The molecular formula is C26H29F3N2O4. The monoisotopic (exact) mass is 490 g/mol. The highest BCUT2D eigenvalue weighted by atomic mass is 19.4. The number of hydrogen-bond acceptors (Lipinski definition) is 4. The van der Waals surface area contributed by atoms with Gasteiger partial charge in [0.25, 0.3) is 5.91 Å². The van der Waals surface area contributed by atoms with Crippen molar-refractivity contribution < 1.29 is 32.2 Å². The molecule has 2 aliphatic rings. The van der Waals surface area contributed by atoms with E-state index in [1.165, 1.54) is 19.1 Å². The van der Waals surface area contributed by atoms with Crippen molar-refractivity contribution in [3.05, 3.63) is 53.6 Å². The second-order valence-electron chi connectivity index (χ2n) is 9.26. The maximum Gasteiger partial charge on any atom is 0.573 e. The molecule has 35 heavy (non-hydrogen) atoms. The molecule has 1 atom stereocenters. The molecule has 2 aliphatic heterocycles. The van der Waals surface area contributed by atoms with Crippen molar-refractivity contribution in [2.24, 2.45) is 0 Å². The van der Waals surface area contributed by atoms with Crippen LogP contribution >= 0.6 is 0 Å². The van der Waals surface area contributed by atoms with E-state index >= 15 is 0 Å². The molecule has 2 aromatic rings. The molecule has 0 aliphatic carbocycles. The Bertz CT molecular complexity index is 1080. The van der Waals surface area contributed by atoms with Gasteiger partial charge < -0.3 is 19.7 Å². The lowest BCUT2D eigenvalue weighted by atomic mass is 9.82. The van der Waals surface area contributed by atoms with Crippen LogP contribution in [0.3, 0.4) is 0 Å². The van der Waals surface area contributed by atoms with Gasteiger partial charge in [0.1, 0.15) is 5.75 Å². The number of halogens is 3. The Morgan fingerprint density at radius 1 is 1.11 bits per heavy atom. The number of hydrogen-bond donors (Lipinski definition) is 1. The van der Waals surface area contributed by atoms with Gasteiger partial charge in [0.2, 0.25) is 5.91 Å². The summed E-state index contributed by atoms with van der Waals surface area (Å²) in [5.41, 5.74) is 2.48. The maximum atomic E-state index is 13.4. The second-order valence-corrected chi connectivity index (χ2v) is 9.26. The summed E-state index contributed by atoms with van der Waals surface area (Å²) in [5.74, 6) is -0.415.